The van der Waals surface area contributed by atoms with Crippen LogP contribution in [0.25, 0.3) is 0 Å². The van der Waals surface area contributed by atoms with Crippen molar-refractivity contribution in [1.82, 2.24) is 0 Å². The average molecular weight is 208 g/mol. The summed E-state index contributed by atoms with van der Waals surface area (Å²) in [6.45, 7) is 3.85. The third-order valence-electron chi connectivity index (χ3n) is 1.49. The van der Waals surface area contributed by atoms with E-state index in [4.69, 9.17) is 9.47 Å². The van der Waals surface area contributed by atoms with Crippen LogP contribution < -0.4 is 0 Å². The molecule has 4 heteroatoms. The van der Waals surface area contributed by atoms with Crippen LogP contribution in [0.4, 0.5) is 0 Å². The molecule has 2 nitrogen and oxygen atoms in total. The highest BCUT2D eigenvalue weighted by Crippen LogP contribution is 2.04. The summed E-state index contributed by atoms with van der Waals surface area (Å²) < 4.78 is 10.1. The number of rotatable bonds is 0. The zero-order valence-corrected chi connectivity index (χ0v) is 8.92. The molecule has 2 aliphatic heterocycles. The monoisotopic (exact) mass is 208 g/mol. The molecule has 0 aliphatic carbocycles. The molecule has 2 fully saturated rings. The molecule has 0 atom stereocenters. The van der Waals surface area contributed by atoms with Gasteiger partial charge in [-0.2, -0.15) is 23.5 Å². The van der Waals surface area contributed by atoms with Gasteiger partial charge in [0.2, 0.25) is 0 Å². The molecule has 0 unspecified atom stereocenters. The van der Waals surface area contributed by atoms with Crippen LogP contribution in [0.2, 0.25) is 0 Å². The van der Waals surface area contributed by atoms with Gasteiger partial charge in [0, 0.05) is 23.0 Å². The van der Waals surface area contributed by atoms with E-state index in [0.717, 1.165) is 26.4 Å². The Labute approximate surface area is 82.8 Å². The van der Waals surface area contributed by atoms with Gasteiger partial charge < -0.3 is 9.47 Å². The van der Waals surface area contributed by atoms with Crippen molar-refractivity contribution in [2.24, 2.45) is 0 Å². The first-order valence-corrected chi connectivity index (χ1v) is 6.62. The zero-order valence-electron chi connectivity index (χ0n) is 7.29. The van der Waals surface area contributed by atoms with Crippen LogP contribution in [0.1, 0.15) is 0 Å². The Morgan fingerprint density at radius 1 is 0.583 bits per heavy atom. The Balaban J connectivity index is 0.000000120. The first kappa shape index (κ1) is 10.7. The Hall–Kier alpha value is 0.620. The summed E-state index contributed by atoms with van der Waals surface area (Å²) in [6.07, 6.45) is 0. The third kappa shape index (κ3) is 6.17. The van der Waals surface area contributed by atoms with Crippen LogP contribution in [0.3, 0.4) is 0 Å². The SMILES string of the molecule is C1CSCCO1.C1CSCCO1. The molecule has 2 saturated heterocycles. The van der Waals surface area contributed by atoms with Crippen molar-refractivity contribution in [3.05, 3.63) is 0 Å². The zero-order chi connectivity index (χ0) is 8.49. The van der Waals surface area contributed by atoms with Gasteiger partial charge in [-0.25, -0.2) is 0 Å². The third-order valence-corrected chi connectivity index (χ3v) is 3.31. The summed E-state index contributed by atoms with van der Waals surface area (Å²) in [5.74, 6) is 4.78. The second kappa shape index (κ2) is 8.23. The molecular weight excluding hydrogens is 192 g/mol. The molecule has 0 aromatic rings. The maximum atomic E-state index is 5.05. The van der Waals surface area contributed by atoms with Gasteiger partial charge in [-0.3, -0.25) is 0 Å². The summed E-state index contributed by atoms with van der Waals surface area (Å²) in [7, 11) is 0. The molecule has 0 bridgehead atoms. The van der Waals surface area contributed by atoms with Gasteiger partial charge in [-0.15, -0.1) is 0 Å². The van der Waals surface area contributed by atoms with Crippen molar-refractivity contribution in [3.63, 3.8) is 0 Å². The lowest BCUT2D eigenvalue weighted by molar-refractivity contribution is 0.161. The van der Waals surface area contributed by atoms with Crippen molar-refractivity contribution >= 4 is 23.5 Å². The molecule has 2 rings (SSSR count). The Kier molecular flexibility index (Phi) is 7.34. The molecule has 0 amide bonds. The highest BCUT2D eigenvalue weighted by molar-refractivity contribution is 7.99. The number of thioether (sulfide) groups is 2. The average Bonchev–Trinajstić information content (AvgIpc) is 2.24. The highest BCUT2D eigenvalue weighted by Gasteiger charge is 1.95. The molecule has 2 heterocycles. The molecule has 0 N–H and O–H groups in total. The fourth-order valence-corrected chi connectivity index (χ4v) is 2.23. The van der Waals surface area contributed by atoms with Gasteiger partial charge in [0.25, 0.3) is 0 Å². The second-order valence-electron chi connectivity index (χ2n) is 2.45. The summed E-state index contributed by atoms with van der Waals surface area (Å²) in [5.41, 5.74) is 0. The van der Waals surface area contributed by atoms with Crippen LogP contribution in [-0.4, -0.2) is 49.4 Å². The first-order chi connectivity index (χ1) is 6.00. The van der Waals surface area contributed by atoms with Crippen LogP contribution in [0, 0.1) is 0 Å². The standard InChI is InChI=1S/2C4H8OS/c2*1-3-6-4-2-5-1/h2*1-4H2. The van der Waals surface area contributed by atoms with E-state index in [-0.39, 0.29) is 0 Å². The van der Waals surface area contributed by atoms with Crippen LogP contribution >= 0.6 is 23.5 Å². The Bertz CT molecular complexity index is 58.0. The van der Waals surface area contributed by atoms with Gasteiger partial charge in [-0.05, 0) is 0 Å². The quantitative estimate of drug-likeness (QED) is 0.600. The fourth-order valence-electron chi connectivity index (χ4n) is 0.880. The van der Waals surface area contributed by atoms with E-state index < -0.39 is 0 Å². The lowest BCUT2D eigenvalue weighted by Crippen LogP contribution is -2.08. The molecule has 0 aromatic carbocycles. The molecule has 0 spiro atoms. The van der Waals surface area contributed by atoms with Crippen LogP contribution in [-0.2, 0) is 9.47 Å². The first-order valence-electron chi connectivity index (χ1n) is 4.31. The second-order valence-corrected chi connectivity index (χ2v) is 4.90. The fraction of sp³-hybridized carbons (Fsp3) is 1.00. The van der Waals surface area contributed by atoms with Crippen molar-refractivity contribution in [2.75, 3.05) is 49.4 Å². The van der Waals surface area contributed by atoms with E-state index >= 15 is 0 Å². The topological polar surface area (TPSA) is 18.5 Å². The van der Waals surface area contributed by atoms with Gasteiger partial charge in [0.15, 0.2) is 0 Å². The highest BCUT2D eigenvalue weighted by atomic mass is 32.2. The molecule has 12 heavy (non-hydrogen) atoms. The molecule has 72 valence electrons. The maximum absolute atomic E-state index is 5.05. The van der Waals surface area contributed by atoms with Crippen molar-refractivity contribution in [2.45, 2.75) is 0 Å². The van der Waals surface area contributed by atoms with Gasteiger partial charge >= 0.3 is 0 Å². The molecule has 0 aromatic heterocycles. The van der Waals surface area contributed by atoms with E-state index in [1.807, 2.05) is 23.5 Å². The Morgan fingerprint density at radius 2 is 0.917 bits per heavy atom. The van der Waals surface area contributed by atoms with Crippen molar-refractivity contribution in [3.8, 4) is 0 Å². The minimum atomic E-state index is 0.963. The maximum Gasteiger partial charge on any atom is 0.0557 e. The van der Waals surface area contributed by atoms with E-state index in [0.29, 0.717) is 0 Å². The number of hydrogen-bond acceptors (Lipinski definition) is 4. The normalized spacial score (nSPS) is 24.0. The minimum absolute atomic E-state index is 0.963. The number of hydrogen-bond donors (Lipinski definition) is 0. The Morgan fingerprint density at radius 3 is 1.00 bits per heavy atom. The lowest BCUT2D eigenvalue weighted by Gasteiger charge is -2.07. The predicted molar refractivity (Wildman–Crippen MR) is 56.3 cm³/mol. The summed E-state index contributed by atoms with van der Waals surface area (Å²) in [5, 5.41) is 0. The minimum Gasteiger partial charge on any atom is -0.380 e. The largest absolute Gasteiger partial charge is 0.380 e. The molecule has 0 saturated carbocycles. The van der Waals surface area contributed by atoms with E-state index in [1.54, 1.807) is 0 Å². The molecule has 2 aliphatic rings. The number of ether oxygens (including phenoxy) is 2. The molecule has 0 radical (unpaired) electrons. The smallest absolute Gasteiger partial charge is 0.0557 e. The van der Waals surface area contributed by atoms with Crippen LogP contribution in [0.15, 0.2) is 0 Å². The predicted octanol–water partition coefficient (Wildman–Crippen LogP) is 1.50. The molecular formula is C8H16O2S2. The lowest BCUT2D eigenvalue weighted by atomic mass is 10.8. The van der Waals surface area contributed by atoms with Crippen molar-refractivity contribution in [1.29, 1.82) is 0 Å². The van der Waals surface area contributed by atoms with Gasteiger partial charge in [0.1, 0.15) is 0 Å². The van der Waals surface area contributed by atoms with E-state index in [9.17, 15) is 0 Å². The summed E-state index contributed by atoms with van der Waals surface area (Å²) >= 11 is 3.94. The van der Waals surface area contributed by atoms with E-state index in [2.05, 4.69) is 0 Å². The summed E-state index contributed by atoms with van der Waals surface area (Å²) in [4.78, 5) is 0. The van der Waals surface area contributed by atoms with Gasteiger partial charge in [-0.1, -0.05) is 0 Å². The summed E-state index contributed by atoms with van der Waals surface area (Å²) in [6, 6.07) is 0. The van der Waals surface area contributed by atoms with Gasteiger partial charge in [0.05, 0.1) is 26.4 Å². The van der Waals surface area contributed by atoms with Crippen LogP contribution in [0.5, 0.6) is 0 Å². The van der Waals surface area contributed by atoms with Crippen molar-refractivity contribution < 1.29 is 9.47 Å². The van der Waals surface area contributed by atoms with E-state index in [1.165, 1.54) is 23.0 Å².